The number of anilines is 2. The molecule has 3 aromatic rings. The summed E-state index contributed by atoms with van der Waals surface area (Å²) in [5.41, 5.74) is 4.12. The fraction of sp³-hybridized carbons (Fsp3) is 0.304. The quantitative estimate of drug-likeness (QED) is 0.588. The standard InChI is InChI=1S/C23H25ClN6O2/c1-14-12-29(13-15(2)30(14)16(3)31)21-6-4-5-20(28-21)19-11-26-23-18(19)9-17(10-25-23)27-22(32)7-8-24/h4-11,14-15H,12-13H2,1-3H3,(H,25,26)(H,27,32)/b8-7+/t14-,15+. The number of H-pyrrole nitrogens is 1. The van der Waals surface area contributed by atoms with Crippen molar-refractivity contribution >= 4 is 46.0 Å². The van der Waals surface area contributed by atoms with Crippen molar-refractivity contribution in [3.05, 3.63) is 48.3 Å². The second kappa shape index (κ2) is 9.00. The highest BCUT2D eigenvalue weighted by atomic mass is 35.5. The van der Waals surface area contributed by atoms with Crippen molar-refractivity contribution in [3.8, 4) is 11.3 Å². The molecule has 1 aliphatic heterocycles. The molecule has 2 atom stereocenters. The average Bonchev–Trinajstić information content (AvgIpc) is 3.16. The number of nitrogens with one attached hydrogen (secondary N) is 2. The van der Waals surface area contributed by atoms with Gasteiger partial charge in [0.1, 0.15) is 11.5 Å². The maximum atomic E-state index is 12.0. The first-order valence-electron chi connectivity index (χ1n) is 10.4. The van der Waals surface area contributed by atoms with E-state index >= 15 is 0 Å². The van der Waals surface area contributed by atoms with E-state index in [2.05, 4.69) is 34.0 Å². The summed E-state index contributed by atoms with van der Waals surface area (Å²) in [5.74, 6) is 0.636. The van der Waals surface area contributed by atoms with Gasteiger partial charge in [0.15, 0.2) is 0 Å². The van der Waals surface area contributed by atoms with E-state index in [9.17, 15) is 9.59 Å². The Hall–Kier alpha value is -3.39. The van der Waals surface area contributed by atoms with Crippen LogP contribution in [0, 0.1) is 0 Å². The third-order valence-corrected chi connectivity index (χ3v) is 5.76. The molecule has 2 N–H and O–H groups in total. The van der Waals surface area contributed by atoms with Crippen LogP contribution in [0.5, 0.6) is 0 Å². The maximum absolute atomic E-state index is 12.0. The number of aromatic amines is 1. The van der Waals surface area contributed by atoms with Gasteiger partial charge in [0.2, 0.25) is 11.8 Å². The van der Waals surface area contributed by atoms with Crippen molar-refractivity contribution in [1.29, 1.82) is 0 Å². The molecule has 1 saturated heterocycles. The third-order valence-electron chi connectivity index (χ3n) is 5.63. The van der Waals surface area contributed by atoms with Gasteiger partial charge in [-0.1, -0.05) is 17.7 Å². The van der Waals surface area contributed by atoms with E-state index in [1.54, 1.807) is 13.1 Å². The molecule has 4 rings (SSSR count). The molecule has 0 bridgehead atoms. The first kappa shape index (κ1) is 21.8. The Labute approximate surface area is 191 Å². The normalized spacial score (nSPS) is 19.0. The number of hydrogen-bond donors (Lipinski definition) is 2. The second-order valence-corrected chi connectivity index (χ2v) is 8.27. The van der Waals surface area contributed by atoms with Crippen LogP contribution in [0.25, 0.3) is 22.3 Å². The van der Waals surface area contributed by atoms with Gasteiger partial charge in [-0.15, -0.1) is 0 Å². The topological polar surface area (TPSA) is 94.2 Å². The minimum Gasteiger partial charge on any atom is -0.352 e. The average molecular weight is 453 g/mol. The minimum atomic E-state index is -0.327. The van der Waals surface area contributed by atoms with E-state index in [1.165, 1.54) is 6.08 Å². The summed E-state index contributed by atoms with van der Waals surface area (Å²) in [5, 5.41) is 3.59. The molecule has 0 aromatic carbocycles. The predicted molar refractivity (Wildman–Crippen MR) is 127 cm³/mol. The molecule has 1 aliphatic rings. The van der Waals surface area contributed by atoms with Crippen molar-refractivity contribution in [2.24, 2.45) is 0 Å². The number of amides is 2. The van der Waals surface area contributed by atoms with Crippen LogP contribution in [0.2, 0.25) is 0 Å². The Bertz CT molecular complexity index is 1180. The van der Waals surface area contributed by atoms with E-state index in [4.69, 9.17) is 16.6 Å². The maximum Gasteiger partial charge on any atom is 0.249 e. The summed E-state index contributed by atoms with van der Waals surface area (Å²) in [6.45, 7) is 7.19. The van der Waals surface area contributed by atoms with Gasteiger partial charge in [-0.25, -0.2) is 9.97 Å². The smallest absolute Gasteiger partial charge is 0.249 e. The predicted octanol–water partition coefficient (Wildman–Crippen LogP) is 3.76. The number of pyridine rings is 2. The zero-order chi connectivity index (χ0) is 22.8. The number of hydrogen-bond acceptors (Lipinski definition) is 5. The molecular formula is C23H25ClN6O2. The summed E-state index contributed by atoms with van der Waals surface area (Å²) in [4.78, 5) is 40.4. The number of halogens is 1. The van der Waals surface area contributed by atoms with Crippen molar-refractivity contribution in [1.82, 2.24) is 19.9 Å². The van der Waals surface area contributed by atoms with Crippen LogP contribution in [0.15, 0.2) is 48.3 Å². The molecule has 0 unspecified atom stereocenters. The van der Waals surface area contributed by atoms with Crippen molar-refractivity contribution in [3.63, 3.8) is 0 Å². The molecule has 1 fully saturated rings. The van der Waals surface area contributed by atoms with E-state index in [0.717, 1.165) is 41.1 Å². The molecule has 8 nitrogen and oxygen atoms in total. The third kappa shape index (κ3) is 4.31. The van der Waals surface area contributed by atoms with Gasteiger partial charge in [-0.2, -0.15) is 0 Å². The second-order valence-electron chi connectivity index (χ2n) is 8.01. The summed E-state index contributed by atoms with van der Waals surface area (Å²) >= 11 is 5.47. The van der Waals surface area contributed by atoms with Gasteiger partial charge in [0.05, 0.1) is 17.6 Å². The van der Waals surface area contributed by atoms with E-state index < -0.39 is 0 Å². The largest absolute Gasteiger partial charge is 0.352 e. The number of carbonyl (C=O) groups is 2. The first-order valence-corrected chi connectivity index (χ1v) is 10.9. The molecule has 3 aromatic heterocycles. The first-order chi connectivity index (χ1) is 15.4. The minimum absolute atomic E-state index is 0.0992. The Morgan fingerprint density at radius 2 is 2.00 bits per heavy atom. The molecule has 0 radical (unpaired) electrons. The molecular weight excluding hydrogens is 428 g/mol. The highest BCUT2D eigenvalue weighted by Crippen LogP contribution is 2.30. The van der Waals surface area contributed by atoms with E-state index in [1.807, 2.05) is 35.4 Å². The van der Waals surface area contributed by atoms with E-state index in [-0.39, 0.29) is 23.9 Å². The number of piperazine rings is 1. The summed E-state index contributed by atoms with van der Waals surface area (Å²) in [7, 11) is 0. The zero-order valence-corrected chi connectivity index (χ0v) is 18.9. The number of fused-ring (bicyclic) bond motifs is 1. The molecule has 2 amide bonds. The van der Waals surface area contributed by atoms with Crippen LogP contribution in [0.4, 0.5) is 11.5 Å². The monoisotopic (exact) mass is 452 g/mol. The number of carbonyl (C=O) groups excluding carboxylic acids is 2. The molecule has 4 heterocycles. The van der Waals surface area contributed by atoms with Gasteiger partial charge in [-0.05, 0) is 32.0 Å². The fourth-order valence-corrected chi connectivity index (χ4v) is 4.52. The highest BCUT2D eigenvalue weighted by Gasteiger charge is 2.31. The molecule has 0 aliphatic carbocycles. The van der Waals surface area contributed by atoms with Crippen molar-refractivity contribution in [2.75, 3.05) is 23.3 Å². The number of aromatic nitrogens is 3. The Morgan fingerprint density at radius 3 is 2.69 bits per heavy atom. The fourth-order valence-electron chi connectivity index (χ4n) is 4.40. The van der Waals surface area contributed by atoms with Crippen LogP contribution in [0.1, 0.15) is 20.8 Å². The Kier molecular flexibility index (Phi) is 6.14. The van der Waals surface area contributed by atoms with Gasteiger partial charge in [-0.3, -0.25) is 9.59 Å². The van der Waals surface area contributed by atoms with Gasteiger partial charge >= 0.3 is 0 Å². The van der Waals surface area contributed by atoms with Crippen molar-refractivity contribution in [2.45, 2.75) is 32.9 Å². The van der Waals surface area contributed by atoms with Crippen LogP contribution in [-0.4, -0.2) is 56.8 Å². The lowest BCUT2D eigenvalue weighted by Gasteiger charge is -2.44. The Morgan fingerprint density at radius 1 is 1.25 bits per heavy atom. The SMILES string of the molecule is CC(=O)N1[C@H](C)CN(c2cccc(-c3c[nH]c4ncc(NC(=O)/C=C/Cl)cc34)n2)C[C@@H]1C. The van der Waals surface area contributed by atoms with Crippen LogP contribution in [-0.2, 0) is 9.59 Å². The molecule has 9 heteroatoms. The number of nitrogens with zero attached hydrogens (tertiary/aromatic N) is 4. The van der Waals surface area contributed by atoms with Crippen molar-refractivity contribution < 1.29 is 9.59 Å². The lowest BCUT2D eigenvalue weighted by atomic mass is 10.1. The van der Waals surface area contributed by atoms with Gasteiger partial charge < -0.3 is 20.1 Å². The molecule has 0 spiro atoms. The molecule has 0 saturated carbocycles. The zero-order valence-electron chi connectivity index (χ0n) is 18.2. The summed E-state index contributed by atoms with van der Waals surface area (Å²) in [6, 6.07) is 7.99. The lowest BCUT2D eigenvalue weighted by Crippen LogP contribution is -2.58. The van der Waals surface area contributed by atoms with Gasteiger partial charge in [0, 0.05) is 60.9 Å². The van der Waals surface area contributed by atoms with Gasteiger partial charge in [0.25, 0.3) is 0 Å². The Balaban J connectivity index is 1.63. The number of rotatable bonds is 4. The van der Waals surface area contributed by atoms with Crippen LogP contribution in [0.3, 0.4) is 0 Å². The summed E-state index contributed by atoms with van der Waals surface area (Å²) in [6.07, 6.45) is 4.69. The van der Waals surface area contributed by atoms with E-state index in [0.29, 0.717) is 11.3 Å². The summed E-state index contributed by atoms with van der Waals surface area (Å²) < 4.78 is 0. The van der Waals surface area contributed by atoms with Crippen LogP contribution >= 0.6 is 11.6 Å². The van der Waals surface area contributed by atoms with Crippen LogP contribution < -0.4 is 10.2 Å². The highest BCUT2D eigenvalue weighted by molar-refractivity contribution is 6.27. The lowest BCUT2D eigenvalue weighted by molar-refractivity contribution is -0.133. The molecule has 32 heavy (non-hydrogen) atoms. The molecule has 166 valence electrons.